The van der Waals surface area contributed by atoms with Gasteiger partial charge in [0.2, 0.25) is 8.32 Å². The van der Waals surface area contributed by atoms with E-state index in [1.807, 2.05) is 19.6 Å². The molecule has 0 N–H and O–H groups in total. The third-order valence-corrected chi connectivity index (χ3v) is 3.56. The van der Waals surface area contributed by atoms with Crippen molar-refractivity contribution in [3.63, 3.8) is 0 Å². The van der Waals surface area contributed by atoms with Gasteiger partial charge in [-0.05, 0) is 43.9 Å². The summed E-state index contributed by atoms with van der Waals surface area (Å²) in [6.07, 6.45) is 0. The SMILES string of the molecule is C[Si](C)(C)Oc1ccc(OS(=O)(=O)C(F)(F)F)cc1. The summed E-state index contributed by atoms with van der Waals surface area (Å²) in [4.78, 5) is 0. The molecule has 0 fully saturated rings. The normalized spacial score (nSPS) is 13.2. The lowest BCUT2D eigenvalue weighted by Gasteiger charge is -2.19. The van der Waals surface area contributed by atoms with Gasteiger partial charge in [0, 0.05) is 0 Å². The fourth-order valence-electron chi connectivity index (χ4n) is 1.09. The molecule has 9 heteroatoms. The number of alkyl halides is 3. The van der Waals surface area contributed by atoms with E-state index in [2.05, 4.69) is 4.18 Å². The van der Waals surface area contributed by atoms with E-state index < -0.39 is 29.7 Å². The Morgan fingerprint density at radius 1 is 1.00 bits per heavy atom. The number of benzene rings is 1. The molecule has 19 heavy (non-hydrogen) atoms. The predicted octanol–water partition coefficient (Wildman–Crippen LogP) is 3.13. The number of hydrogen-bond acceptors (Lipinski definition) is 4. The second-order valence-corrected chi connectivity index (χ2v) is 10.6. The lowest BCUT2D eigenvalue weighted by atomic mass is 10.3. The highest BCUT2D eigenvalue weighted by Crippen LogP contribution is 2.28. The van der Waals surface area contributed by atoms with Crippen LogP contribution in [0.5, 0.6) is 11.5 Å². The van der Waals surface area contributed by atoms with Crippen LogP contribution >= 0.6 is 0 Å². The summed E-state index contributed by atoms with van der Waals surface area (Å²) >= 11 is 0. The molecule has 0 amide bonds. The first kappa shape index (κ1) is 15.8. The summed E-state index contributed by atoms with van der Waals surface area (Å²) in [6.45, 7) is 5.81. The van der Waals surface area contributed by atoms with Crippen LogP contribution < -0.4 is 8.61 Å². The molecule has 1 aromatic carbocycles. The van der Waals surface area contributed by atoms with Gasteiger partial charge >= 0.3 is 15.6 Å². The Morgan fingerprint density at radius 3 is 1.79 bits per heavy atom. The van der Waals surface area contributed by atoms with Gasteiger partial charge < -0.3 is 8.61 Å². The molecule has 0 heterocycles. The van der Waals surface area contributed by atoms with E-state index in [-0.39, 0.29) is 0 Å². The minimum absolute atomic E-state index is 0.416. The van der Waals surface area contributed by atoms with Crippen molar-refractivity contribution in [2.75, 3.05) is 0 Å². The van der Waals surface area contributed by atoms with Gasteiger partial charge in [0.05, 0.1) is 0 Å². The van der Waals surface area contributed by atoms with Crippen LogP contribution in [0.3, 0.4) is 0 Å². The fraction of sp³-hybridized carbons (Fsp3) is 0.400. The van der Waals surface area contributed by atoms with E-state index in [0.717, 1.165) is 12.1 Å². The largest absolute Gasteiger partial charge is 0.544 e. The molecule has 1 aromatic rings. The van der Waals surface area contributed by atoms with E-state index in [0.29, 0.717) is 5.75 Å². The number of rotatable bonds is 4. The summed E-state index contributed by atoms with van der Waals surface area (Å²) in [7, 11) is -7.46. The Morgan fingerprint density at radius 2 is 1.42 bits per heavy atom. The zero-order valence-corrected chi connectivity index (χ0v) is 12.3. The first-order valence-corrected chi connectivity index (χ1v) is 10.0. The second-order valence-electron chi connectivity index (χ2n) is 4.67. The van der Waals surface area contributed by atoms with Gasteiger partial charge in [0.1, 0.15) is 11.5 Å². The van der Waals surface area contributed by atoms with Gasteiger partial charge in [-0.15, -0.1) is 0 Å². The van der Waals surface area contributed by atoms with Crippen molar-refractivity contribution in [3.8, 4) is 11.5 Å². The highest BCUT2D eigenvalue weighted by Gasteiger charge is 2.48. The van der Waals surface area contributed by atoms with Crippen molar-refractivity contribution in [2.24, 2.45) is 0 Å². The van der Waals surface area contributed by atoms with Crippen molar-refractivity contribution < 1.29 is 30.2 Å². The molecular weight excluding hydrogens is 301 g/mol. The Kier molecular flexibility index (Phi) is 4.20. The van der Waals surface area contributed by atoms with Gasteiger partial charge in [-0.1, -0.05) is 0 Å². The van der Waals surface area contributed by atoms with Crippen molar-refractivity contribution in [3.05, 3.63) is 24.3 Å². The van der Waals surface area contributed by atoms with Crippen molar-refractivity contribution in [2.45, 2.75) is 25.1 Å². The van der Waals surface area contributed by atoms with E-state index >= 15 is 0 Å². The van der Waals surface area contributed by atoms with Crippen LogP contribution in [-0.2, 0) is 10.1 Å². The van der Waals surface area contributed by atoms with Crippen LogP contribution in [-0.4, -0.2) is 22.2 Å². The van der Waals surface area contributed by atoms with Crippen LogP contribution in [0.4, 0.5) is 13.2 Å². The fourth-order valence-corrected chi connectivity index (χ4v) is 2.39. The van der Waals surface area contributed by atoms with Crippen LogP contribution in [0.2, 0.25) is 19.6 Å². The maximum atomic E-state index is 12.1. The van der Waals surface area contributed by atoms with Gasteiger partial charge in [0.25, 0.3) is 0 Å². The quantitative estimate of drug-likeness (QED) is 0.487. The molecule has 1 rings (SSSR count). The summed E-state index contributed by atoms with van der Waals surface area (Å²) in [5, 5.41) is 0. The summed E-state index contributed by atoms with van der Waals surface area (Å²) in [5.74, 6) is 0.0381. The first-order valence-electron chi connectivity index (χ1n) is 5.20. The lowest BCUT2D eigenvalue weighted by Crippen LogP contribution is -2.29. The zero-order valence-electron chi connectivity index (χ0n) is 10.5. The van der Waals surface area contributed by atoms with Gasteiger partial charge in [-0.3, -0.25) is 0 Å². The Hall–Kier alpha value is -1.22. The third kappa shape index (κ3) is 4.75. The van der Waals surface area contributed by atoms with Crippen LogP contribution in [0.15, 0.2) is 24.3 Å². The summed E-state index contributed by atoms with van der Waals surface area (Å²) in [5.41, 5.74) is -5.44. The Balaban J connectivity index is 2.84. The highest BCUT2D eigenvalue weighted by atomic mass is 32.2. The number of halogens is 3. The molecule has 4 nitrogen and oxygen atoms in total. The van der Waals surface area contributed by atoms with Gasteiger partial charge in [-0.2, -0.15) is 21.6 Å². The molecule has 0 unspecified atom stereocenters. The minimum Gasteiger partial charge on any atom is -0.544 e. The molecule has 0 spiro atoms. The molecule has 0 atom stereocenters. The van der Waals surface area contributed by atoms with Crippen molar-refractivity contribution >= 4 is 18.4 Å². The Labute approximate surface area is 110 Å². The molecule has 0 aliphatic heterocycles. The molecule has 0 radical (unpaired) electrons. The van der Waals surface area contributed by atoms with E-state index in [1.54, 1.807) is 0 Å². The average Bonchev–Trinajstić information content (AvgIpc) is 2.16. The van der Waals surface area contributed by atoms with E-state index in [9.17, 15) is 21.6 Å². The lowest BCUT2D eigenvalue weighted by molar-refractivity contribution is -0.0500. The minimum atomic E-state index is -5.63. The van der Waals surface area contributed by atoms with Crippen molar-refractivity contribution in [1.82, 2.24) is 0 Å². The molecule has 0 saturated carbocycles. The van der Waals surface area contributed by atoms with Crippen LogP contribution in [0.1, 0.15) is 0 Å². The third-order valence-electron chi connectivity index (χ3n) is 1.74. The maximum Gasteiger partial charge on any atom is 0.534 e. The van der Waals surface area contributed by atoms with Gasteiger partial charge in [-0.25, -0.2) is 0 Å². The summed E-state index contributed by atoms with van der Waals surface area (Å²) in [6, 6.07) is 4.94. The van der Waals surface area contributed by atoms with E-state index in [4.69, 9.17) is 4.43 Å². The number of hydrogen-bond donors (Lipinski definition) is 0. The highest BCUT2D eigenvalue weighted by molar-refractivity contribution is 7.87. The predicted molar refractivity (Wildman–Crippen MR) is 66.0 cm³/mol. The zero-order chi connectivity index (χ0) is 14.9. The van der Waals surface area contributed by atoms with Crippen LogP contribution in [0, 0.1) is 0 Å². The smallest absolute Gasteiger partial charge is 0.534 e. The standard InChI is InChI=1S/C10H13F3O4SSi/c1-19(2,3)17-9-6-4-8(5-7-9)16-18(14,15)10(11,12)13/h4-7H,1-3H3. The van der Waals surface area contributed by atoms with Crippen molar-refractivity contribution in [1.29, 1.82) is 0 Å². The first-order chi connectivity index (χ1) is 8.41. The molecular formula is C10H13F3O4SSi. The maximum absolute atomic E-state index is 12.1. The second kappa shape index (κ2) is 5.04. The monoisotopic (exact) mass is 314 g/mol. The molecule has 0 aromatic heterocycles. The molecule has 0 aliphatic carbocycles. The Bertz CT molecular complexity index is 531. The molecule has 108 valence electrons. The molecule has 0 saturated heterocycles. The molecule has 0 bridgehead atoms. The van der Waals surface area contributed by atoms with E-state index in [1.165, 1.54) is 12.1 Å². The summed E-state index contributed by atoms with van der Waals surface area (Å²) < 4.78 is 67.3. The molecule has 0 aliphatic rings. The van der Waals surface area contributed by atoms with Gasteiger partial charge in [0.15, 0.2) is 0 Å². The van der Waals surface area contributed by atoms with Crippen LogP contribution in [0.25, 0.3) is 0 Å². The topological polar surface area (TPSA) is 52.6 Å². The average molecular weight is 314 g/mol.